The second-order valence-corrected chi connectivity index (χ2v) is 7.49. The smallest absolute Gasteiger partial charge is 0.220 e. The minimum absolute atomic E-state index is 0. The highest BCUT2D eigenvalue weighted by molar-refractivity contribution is 9.10. The first-order valence-electron chi connectivity index (χ1n) is 7.60. The zero-order chi connectivity index (χ0) is 14.9. The molecule has 1 aromatic rings. The average Bonchev–Trinajstić information content (AvgIpc) is 2.50. The Morgan fingerprint density at radius 1 is 1.36 bits per heavy atom. The molecule has 1 amide bonds. The zero-order valence-electron chi connectivity index (χ0n) is 12.6. The van der Waals surface area contributed by atoms with Gasteiger partial charge >= 0.3 is 0 Å². The molecule has 1 aliphatic heterocycles. The maximum atomic E-state index is 11.8. The van der Waals surface area contributed by atoms with Gasteiger partial charge in [-0.25, -0.2) is 0 Å². The van der Waals surface area contributed by atoms with Crippen LogP contribution in [0, 0.1) is 5.92 Å². The maximum Gasteiger partial charge on any atom is 0.220 e. The number of halogens is 2. The molecular weight excluding hydrogens is 384 g/mol. The number of carbonyl (C=O) groups excluding carboxylic acids is 1. The van der Waals surface area contributed by atoms with Crippen molar-refractivity contribution in [1.29, 1.82) is 0 Å². The highest BCUT2D eigenvalue weighted by Gasteiger charge is 2.12. The number of carbonyl (C=O) groups is 1. The third-order valence-corrected chi connectivity index (χ3v) is 5.23. The van der Waals surface area contributed by atoms with Crippen LogP contribution in [0.1, 0.15) is 25.7 Å². The molecule has 1 heterocycles. The van der Waals surface area contributed by atoms with Crippen LogP contribution in [0.5, 0.6) is 0 Å². The van der Waals surface area contributed by atoms with E-state index in [2.05, 4.69) is 38.7 Å². The third kappa shape index (κ3) is 7.86. The van der Waals surface area contributed by atoms with Crippen LogP contribution in [0.2, 0.25) is 0 Å². The van der Waals surface area contributed by atoms with Gasteiger partial charge in [-0.15, -0.1) is 24.2 Å². The van der Waals surface area contributed by atoms with E-state index in [1.807, 2.05) is 12.1 Å². The van der Waals surface area contributed by atoms with Gasteiger partial charge in [0, 0.05) is 28.1 Å². The number of hydrogen-bond donors (Lipinski definition) is 2. The van der Waals surface area contributed by atoms with Crippen molar-refractivity contribution in [3.8, 4) is 0 Å². The molecule has 0 aromatic heterocycles. The summed E-state index contributed by atoms with van der Waals surface area (Å²) in [5, 5.41) is 6.45. The summed E-state index contributed by atoms with van der Waals surface area (Å²) in [5.41, 5.74) is 0. The van der Waals surface area contributed by atoms with E-state index in [1.54, 1.807) is 11.8 Å². The van der Waals surface area contributed by atoms with Gasteiger partial charge in [-0.3, -0.25) is 4.79 Å². The van der Waals surface area contributed by atoms with E-state index in [-0.39, 0.29) is 18.3 Å². The molecule has 1 aromatic carbocycles. The largest absolute Gasteiger partial charge is 0.356 e. The lowest BCUT2D eigenvalue weighted by Crippen LogP contribution is -2.33. The van der Waals surface area contributed by atoms with Crippen molar-refractivity contribution < 1.29 is 4.79 Å². The van der Waals surface area contributed by atoms with E-state index in [0.717, 1.165) is 42.2 Å². The van der Waals surface area contributed by atoms with Crippen molar-refractivity contribution in [2.24, 2.45) is 5.92 Å². The van der Waals surface area contributed by atoms with E-state index in [4.69, 9.17) is 0 Å². The minimum Gasteiger partial charge on any atom is -0.356 e. The SMILES string of the molecule is Cl.O=C(CCSc1ccc(Br)cc1)NCCC1CCCNC1. The Bertz CT molecular complexity index is 438. The van der Waals surface area contributed by atoms with E-state index in [1.165, 1.54) is 17.7 Å². The standard InChI is InChI=1S/C16H23BrN2OS.ClH/c17-14-3-5-15(6-4-14)21-11-8-16(20)19-10-7-13-2-1-9-18-12-13;/h3-6,13,18H,1-2,7-12H2,(H,19,20);1H. The van der Waals surface area contributed by atoms with Crippen molar-refractivity contribution >= 4 is 46.0 Å². The summed E-state index contributed by atoms with van der Waals surface area (Å²) in [6.07, 6.45) is 4.24. The molecule has 1 fully saturated rings. The van der Waals surface area contributed by atoms with Crippen molar-refractivity contribution in [3.63, 3.8) is 0 Å². The Hall–Kier alpha value is -0.230. The average molecular weight is 408 g/mol. The molecule has 0 saturated carbocycles. The number of benzene rings is 1. The fraction of sp³-hybridized carbons (Fsp3) is 0.562. The number of rotatable bonds is 7. The van der Waals surface area contributed by atoms with Crippen LogP contribution in [0.25, 0.3) is 0 Å². The topological polar surface area (TPSA) is 41.1 Å². The quantitative estimate of drug-likeness (QED) is 0.674. The van der Waals surface area contributed by atoms with Gasteiger partial charge in [0.1, 0.15) is 0 Å². The molecule has 2 rings (SSSR count). The summed E-state index contributed by atoms with van der Waals surface area (Å²) < 4.78 is 1.08. The van der Waals surface area contributed by atoms with Gasteiger partial charge < -0.3 is 10.6 Å². The Kier molecular flexibility index (Phi) is 10.2. The van der Waals surface area contributed by atoms with E-state index in [0.29, 0.717) is 6.42 Å². The number of amides is 1. The Balaban J connectivity index is 0.00000242. The van der Waals surface area contributed by atoms with Crippen molar-refractivity contribution in [3.05, 3.63) is 28.7 Å². The number of hydrogen-bond acceptors (Lipinski definition) is 3. The van der Waals surface area contributed by atoms with Gasteiger partial charge in [0.2, 0.25) is 5.91 Å². The first-order chi connectivity index (χ1) is 10.2. The maximum absolute atomic E-state index is 11.8. The molecule has 22 heavy (non-hydrogen) atoms. The van der Waals surface area contributed by atoms with Crippen LogP contribution < -0.4 is 10.6 Å². The number of piperidine rings is 1. The van der Waals surface area contributed by atoms with Gasteiger partial charge in [-0.1, -0.05) is 15.9 Å². The first kappa shape index (κ1) is 19.8. The van der Waals surface area contributed by atoms with Gasteiger partial charge in [-0.2, -0.15) is 0 Å². The van der Waals surface area contributed by atoms with E-state index < -0.39 is 0 Å². The lowest BCUT2D eigenvalue weighted by molar-refractivity contribution is -0.120. The highest BCUT2D eigenvalue weighted by atomic mass is 79.9. The molecule has 124 valence electrons. The fourth-order valence-electron chi connectivity index (χ4n) is 2.47. The monoisotopic (exact) mass is 406 g/mol. The molecule has 6 heteroatoms. The van der Waals surface area contributed by atoms with Crippen LogP contribution in [-0.2, 0) is 4.79 Å². The predicted molar refractivity (Wildman–Crippen MR) is 100.0 cm³/mol. The summed E-state index contributed by atoms with van der Waals surface area (Å²) >= 11 is 5.15. The second kappa shape index (κ2) is 11.3. The molecule has 1 atom stereocenters. The normalized spacial score (nSPS) is 17.6. The van der Waals surface area contributed by atoms with Gasteiger partial charge in [0.15, 0.2) is 0 Å². The summed E-state index contributed by atoms with van der Waals surface area (Å²) in [6.45, 7) is 3.07. The van der Waals surface area contributed by atoms with E-state index >= 15 is 0 Å². The lowest BCUT2D eigenvalue weighted by Gasteiger charge is -2.22. The summed E-state index contributed by atoms with van der Waals surface area (Å²) in [4.78, 5) is 13.0. The summed E-state index contributed by atoms with van der Waals surface area (Å²) in [7, 11) is 0. The van der Waals surface area contributed by atoms with Crippen molar-refractivity contribution in [1.82, 2.24) is 10.6 Å². The molecular formula is C16H24BrClN2OS. The van der Waals surface area contributed by atoms with Crippen LogP contribution >= 0.6 is 40.1 Å². The number of nitrogens with one attached hydrogen (secondary N) is 2. The minimum atomic E-state index is 0. The molecule has 0 radical (unpaired) electrons. The van der Waals surface area contributed by atoms with Crippen LogP contribution in [0.15, 0.2) is 33.6 Å². The van der Waals surface area contributed by atoms with Crippen LogP contribution in [0.4, 0.5) is 0 Å². The van der Waals surface area contributed by atoms with Gasteiger partial charge in [0.05, 0.1) is 0 Å². The third-order valence-electron chi connectivity index (χ3n) is 3.69. The van der Waals surface area contributed by atoms with E-state index in [9.17, 15) is 4.79 Å². The Morgan fingerprint density at radius 3 is 2.82 bits per heavy atom. The molecule has 0 aliphatic carbocycles. The first-order valence-corrected chi connectivity index (χ1v) is 9.37. The molecule has 2 N–H and O–H groups in total. The Morgan fingerprint density at radius 2 is 2.14 bits per heavy atom. The second-order valence-electron chi connectivity index (χ2n) is 5.40. The molecule has 0 spiro atoms. The van der Waals surface area contributed by atoms with Crippen molar-refractivity contribution in [2.75, 3.05) is 25.4 Å². The highest BCUT2D eigenvalue weighted by Crippen LogP contribution is 2.21. The fourth-order valence-corrected chi connectivity index (χ4v) is 3.58. The zero-order valence-corrected chi connectivity index (χ0v) is 15.9. The summed E-state index contributed by atoms with van der Waals surface area (Å²) in [6, 6.07) is 8.20. The molecule has 1 unspecified atom stereocenters. The summed E-state index contributed by atoms with van der Waals surface area (Å²) in [5.74, 6) is 1.73. The lowest BCUT2D eigenvalue weighted by atomic mass is 9.96. The molecule has 1 aliphatic rings. The van der Waals surface area contributed by atoms with Crippen LogP contribution in [0.3, 0.4) is 0 Å². The number of thioether (sulfide) groups is 1. The Labute approximate surface area is 151 Å². The molecule has 1 saturated heterocycles. The van der Waals surface area contributed by atoms with Crippen molar-refractivity contribution in [2.45, 2.75) is 30.6 Å². The molecule has 3 nitrogen and oxygen atoms in total. The van der Waals surface area contributed by atoms with Crippen LogP contribution in [-0.4, -0.2) is 31.3 Å². The van der Waals surface area contributed by atoms with Gasteiger partial charge in [0.25, 0.3) is 0 Å². The van der Waals surface area contributed by atoms with Gasteiger partial charge in [-0.05, 0) is 62.5 Å². The molecule has 0 bridgehead atoms. The predicted octanol–water partition coefficient (Wildman–Crippen LogP) is 3.86.